The first-order valence-corrected chi connectivity index (χ1v) is 5.02. The highest BCUT2D eigenvalue weighted by Gasteiger charge is 1.99. The van der Waals surface area contributed by atoms with Crippen LogP contribution in [0, 0.1) is 4.78 Å². The van der Waals surface area contributed by atoms with Crippen molar-refractivity contribution in [2.24, 2.45) is 5.73 Å². The first-order valence-electron chi connectivity index (χ1n) is 2.89. The summed E-state index contributed by atoms with van der Waals surface area (Å²) in [5, 5.41) is 0. The maximum Gasteiger partial charge on any atom is 0.0412 e. The summed E-state index contributed by atoms with van der Waals surface area (Å²) in [6.07, 6.45) is 2.12. The van der Waals surface area contributed by atoms with Gasteiger partial charge in [0, 0.05) is 27.8 Å². The van der Waals surface area contributed by atoms with Crippen molar-refractivity contribution in [3.05, 3.63) is 0 Å². The summed E-state index contributed by atoms with van der Waals surface area (Å²) < 4.78 is 17.7. The first kappa shape index (κ1) is 8.91. The zero-order valence-electron chi connectivity index (χ0n) is 5.89. The van der Waals surface area contributed by atoms with Crippen LogP contribution in [0.4, 0.5) is 0 Å². The van der Waals surface area contributed by atoms with Gasteiger partial charge in [-0.05, 0) is 13.3 Å². The van der Waals surface area contributed by atoms with Crippen LogP contribution in [0.15, 0.2) is 0 Å². The Bertz CT molecular complexity index is 160. The highest BCUT2D eigenvalue weighted by Crippen LogP contribution is 1.92. The third kappa shape index (κ3) is 7.91. The van der Waals surface area contributed by atoms with Gasteiger partial charge in [-0.25, -0.2) is 0 Å². The second kappa shape index (κ2) is 3.17. The molecule has 4 heteroatoms. The lowest BCUT2D eigenvalue weighted by atomic mass is 10.3. The molecule has 0 rings (SSSR count). The molecular weight excluding hydrogens is 136 g/mol. The quantitative estimate of drug-likeness (QED) is 0.611. The molecule has 0 spiro atoms. The van der Waals surface area contributed by atoms with E-state index in [4.69, 9.17) is 10.5 Å². The van der Waals surface area contributed by atoms with Gasteiger partial charge in [0.25, 0.3) is 0 Å². The Morgan fingerprint density at radius 3 is 2.33 bits per heavy atom. The van der Waals surface area contributed by atoms with E-state index in [1.807, 2.05) is 6.92 Å². The van der Waals surface area contributed by atoms with Crippen LogP contribution in [0.25, 0.3) is 0 Å². The molecule has 0 saturated carbocycles. The number of nitrogens with two attached hydrogens (primary N) is 1. The standard InChI is InChI=1S/C5H14N2OS/c1-5(6)3-4-9(2,7)8/h5,7H,3-4,6H2,1-2H3/t5-,9?/m1/s1. The lowest BCUT2D eigenvalue weighted by molar-refractivity contribution is 0.663. The van der Waals surface area contributed by atoms with E-state index in [-0.39, 0.29) is 6.04 Å². The van der Waals surface area contributed by atoms with E-state index in [9.17, 15) is 4.21 Å². The lowest BCUT2D eigenvalue weighted by Gasteiger charge is -2.03. The van der Waals surface area contributed by atoms with E-state index in [1.54, 1.807) is 0 Å². The van der Waals surface area contributed by atoms with E-state index in [0.717, 1.165) is 0 Å². The SMILES string of the molecule is C[C@@H](N)CCS(C)(=N)=O. The van der Waals surface area contributed by atoms with Crippen molar-refractivity contribution in [3.63, 3.8) is 0 Å². The Hall–Kier alpha value is -0.0900. The van der Waals surface area contributed by atoms with Crippen LogP contribution in [0.2, 0.25) is 0 Å². The fourth-order valence-corrected chi connectivity index (χ4v) is 1.23. The molecule has 0 amide bonds. The summed E-state index contributed by atoms with van der Waals surface area (Å²) in [5.74, 6) is 0.421. The predicted molar refractivity (Wildman–Crippen MR) is 39.9 cm³/mol. The van der Waals surface area contributed by atoms with E-state index in [1.165, 1.54) is 6.26 Å². The molecule has 3 N–H and O–H groups in total. The molecule has 0 aromatic carbocycles. The molecule has 0 fully saturated rings. The Balaban J connectivity index is 3.53. The molecule has 0 aromatic heterocycles. The molecule has 56 valence electrons. The van der Waals surface area contributed by atoms with Crippen LogP contribution in [0.3, 0.4) is 0 Å². The summed E-state index contributed by atoms with van der Waals surface area (Å²) in [7, 11) is -2.30. The van der Waals surface area contributed by atoms with Gasteiger partial charge in [-0.15, -0.1) is 0 Å². The molecular formula is C5H14N2OS. The number of hydrogen-bond donors (Lipinski definition) is 2. The zero-order valence-corrected chi connectivity index (χ0v) is 6.70. The van der Waals surface area contributed by atoms with E-state index in [0.29, 0.717) is 12.2 Å². The van der Waals surface area contributed by atoms with E-state index < -0.39 is 9.73 Å². The van der Waals surface area contributed by atoms with E-state index in [2.05, 4.69) is 0 Å². The lowest BCUT2D eigenvalue weighted by Crippen LogP contribution is -2.18. The van der Waals surface area contributed by atoms with E-state index >= 15 is 0 Å². The maximum atomic E-state index is 10.7. The minimum atomic E-state index is -2.30. The van der Waals surface area contributed by atoms with Gasteiger partial charge in [0.1, 0.15) is 0 Å². The summed E-state index contributed by atoms with van der Waals surface area (Å²) >= 11 is 0. The van der Waals surface area contributed by atoms with Gasteiger partial charge in [0.05, 0.1) is 0 Å². The fourth-order valence-electron chi connectivity index (χ4n) is 0.411. The van der Waals surface area contributed by atoms with Crippen molar-refractivity contribution >= 4 is 9.73 Å². The summed E-state index contributed by atoms with van der Waals surface area (Å²) in [6, 6.07) is 0.0659. The molecule has 0 heterocycles. The van der Waals surface area contributed by atoms with Crippen molar-refractivity contribution in [1.29, 1.82) is 4.78 Å². The van der Waals surface area contributed by atoms with Gasteiger partial charge < -0.3 is 5.73 Å². The number of rotatable bonds is 3. The first-order chi connectivity index (χ1) is 3.92. The van der Waals surface area contributed by atoms with Crippen LogP contribution >= 0.6 is 0 Å². The van der Waals surface area contributed by atoms with Crippen molar-refractivity contribution < 1.29 is 4.21 Å². The normalized spacial score (nSPS) is 20.8. The van der Waals surface area contributed by atoms with Crippen LogP contribution in [0.1, 0.15) is 13.3 Å². The van der Waals surface area contributed by atoms with Gasteiger partial charge in [0.15, 0.2) is 0 Å². The van der Waals surface area contributed by atoms with Crippen LogP contribution in [-0.2, 0) is 9.73 Å². The average molecular weight is 150 g/mol. The minimum Gasteiger partial charge on any atom is -0.328 e. The molecule has 0 saturated heterocycles. The maximum absolute atomic E-state index is 10.7. The smallest absolute Gasteiger partial charge is 0.0412 e. The Morgan fingerprint density at radius 1 is 1.78 bits per heavy atom. The largest absolute Gasteiger partial charge is 0.328 e. The molecule has 0 aliphatic rings. The molecule has 3 nitrogen and oxygen atoms in total. The molecule has 0 aromatic rings. The molecule has 0 radical (unpaired) electrons. The van der Waals surface area contributed by atoms with Crippen LogP contribution in [0.5, 0.6) is 0 Å². The van der Waals surface area contributed by atoms with Crippen molar-refractivity contribution in [1.82, 2.24) is 0 Å². The minimum absolute atomic E-state index is 0.0659. The Kier molecular flexibility index (Phi) is 3.14. The predicted octanol–water partition coefficient (Wildman–Crippen LogP) is 0.400. The highest BCUT2D eigenvalue weighted by atomic mass is 32.2. The van der Waals surface area contributed by atoms with Crippen molar-refractivity contribution in [2.45, 2.75) is 19.4 Å². The number of nitrogens with one attached hydrogen (secondary N) is 1. The van der Waals surface area contributed by atoms with Gasteiger partial charge in [0.2, 0.25) is 0 Å². The Morgan fingerprint density at radius 2 is 2.22 bits per heavy atom. The molecule has 1 unspecified atom stereocenters. The fraction of sp³-hybridized carbons (Fsp3) is 1.00. The summed E-state index contributed by atoms with van der Waals surface area (Å²) in [5.41, 5.74) is 5.39. The zero-order chi connectivity index (χ0) is 7.49. The average Bonchev–Trinajstić information content (AvgIpc) is 1.59. The van der Waals surface area contributed by atoms with Crippen LogP contribution in [-0.4, -0.2) is 22.3 Å². The molecule has 2 atom stereocenters. The van der Waals surface area contributed by atoms with Gasteiger partial charge in [-0.1, -0.05) is 0 Å². The topological polar surface area (TPSA) is 66.9 Å². The molecule has 0 bridgehead atoms. The Labute approximate surface area is 56.6 Å². The van der Waals surface area contributed by atoms with Crippen LogP contribution < -0.4 is 5.73 Å². The number of hydrogen-bond acceptors (Lipinski definition) is 3. The van der Waals surface area contributed by atoms with Gasteiger partial charge >= 0.3 is 0 Å². The van der Waals surface area contributed by atoms with Crippen molar-refractivity contribution in [3.8, 4) is 0 Å². The third-order valence-electron chi connectivity index (χ3n) is 0.963. The second-order valence-corrected chi connectivity index (χ2v) is 4.89. The van der Waals surface area contributed by atoms with Crippen molar-refractivity contribution in [2.75, 3.05) is 12.0 Å². The van der Waals surface area contributed by atoms with Gasteiger partial charge in [-0.2, -0.15) is 0 Å². The monoisotopic (exact) mass is 150 g/mol. The molecule has 0 aliphatic carbocycles. The second-order valence-electron chi connectivity index (χ2n) is 2.48. The summed E-state index contributed by atoms with van der Waals surface area (Å²) in [6.45, 7) is 1.85. The highest BCUT2D eigenvalue weighted by molar-refractivity contribution is 7.91. The summed E-state index contributed by atoms with van der Waals surface area (Å²) in [4.78, 5) is 0. The third-order valence-corrected chi connectivity index (χ3v) is 1.98. The molecule has 0 aliphatic heterocycles. The van der Waals surface area contributed by atoms with Gasteiger partial charge in [-0.3, -0.25) is 8.99 Å². The molecule has 9 heavy (non-hydrogen) atoms.